The van der Waals surface area contributed by atoms with Crippen LogP contribution in [0.1, 0.15) is 0 Å². The molecule has 0 fully saturated rings. The average Bonchev–Trinajstić information content (AvgIpc) is 1.65. The van der Waals surface area contributed by atoms with Gasteiger partial charge in [-0.1, -0.05) is 0 Å². The van der Waals surface area contributed by atoms with E-state index in [0.717, 1.165) is 0 Å². The Morgan fingerprint density at radius 2 is 1.67 bits per heavy atom. The molecule has 0 heterocycles. The highest BCUT2D eigenvalue weighted by atomic mass is 16.2. The van der Waals surface area contributed by atoms with Gasteiger partial charge in [-0.15, -0.1) is 10.9 Å². The van der Waals surface area contributed by atoms with Crippen molar-refractivity contribution < 1.29 is 4.79 Å². The monoisotopic (exact) mass is 84.0 g/mol. The molecule has 2 amide bonds. The molecule has 0 aliphatic carbocycles. The van der Waals surface area contributed by atoms with Crippen LogP contribution in [0.3, 0.4) is 0 Å². The smallest absolute Gasteiger partial charge is 0.241 e. The molecule has 0 aliphatic rings. The first-order valence-corrected chi connectivity index (χ1v) is 1.05. The summed E-state index contributed by atoms with van der Waals surface area (Å²) in [4.78, 5) is 9.35. The molecule has 0 aromatic rings. The van der Waals surface area contributed by atoms with Gasteiger partial charge in [0.15, 0.2) is 0 Å². The Bertz CT molecular complexity index is 45.5. The molecule has 0 bridgehead atoms. The minimum atomic E-state index is -1.30. The van der Waals surface area contributed by atoms with E-state index in [1.165, 1.54) is 0 Å². The van der Waals surface area contributed by atoms with Gasteiger partial charge in [0.1, 0.15) is 0 Å². The Hall–Kier alpha value is -0.810. The van der Waals surface area contributed by atoms with Gasteiger partial charge in [0.05, 0.1) is 0 Å². The molecule has 0 rings (SSSR count). The molecule has 0 N–H and O–H groups in total. The Labute approximate surface area is 34.6 Å². The van der Waals surface area contributed by atoms with Gasteiger partial charge in [-0.2, -0.15) is 0 Å². The number of carbonyl (C=O) groups is 1. The van der Waals surface area contributed by atoms with Gasteiger partial charge in [-0.05, 0) is 0 Å². The fourth-order valence-electron chi connectivity index (χ4n) is 0.0200. The molecule has 0 saturated carbocycles. The minimum Gasteiger partial charge on any atom is -0.241 e. The minimum absolute atomic E-state index is 1.30. The Kier molecular flexibility index (Phi) is 2.10. The van der Waals surface area contributed by atoms with Crippen LogP contribution in [0.5, 0.6) is 0 Å². The Balaban J connectivity index is 2.99. The molecule has 0 saturated heterocycles. The summed E-state index contributed by atoms with van der Waals surface area (Å²) in [6.45, 7) is 0. The van der Waals surface area contributed by atoms with E-state index in [2.05, 4.69) is 0 Å². The van der Waals surface area contributed by atoms with E-state index in [4.69, 9.17) is 11.7 Å². The van der Waals surface area contributed by atoms with Crippen molar-refractivity contribution in [1.82, 2.24) is 22.5 Å². The number of carbonyl (C=O) groups excluding carboxylic acids is 1. The summed E-state index contributed by atoms with van der Waals surface area (Å²) in [7, 11) is 0. The van der Waals surface area contributed by atoms with Crippen LogP contribution in [0.2, 0.25) is 0 Å². The van der Waals surface area contributed by atoms with Crippen molar-refractivity contribution in [3.05, 3.63) is 0 Å². The summed E-state index contributed by atoms with van der Waals surface area (Å²) in [5.41, 5.74) is 3.90. The van der Waals surface area contributed by atoms with Crippen molar-refractivity contribution in [2.24, 2.45) is 0 Å². The number of nitrogens with zero attached hydrogens (tertiary/aromatic N) is 4. The predicted molar refractivity (Wildman–Crippen MR) is 13.9 cm³/mol. The molecular formula is CN4O. The summed E-state index contributed by atoms with van der Waals surface area (Å²) < 4.78 is 0. The number of hydrogen-bond acceptors (Lipinski definition) is 1. The van der Waals surface area contributed by atoms with Crippen molar-refractivity contribution in [3.8, 4) is 0 Å². The first-order chi connectivity index (χ1) is 2.81. The quantitative estimate of drug-likeness (QED) is 0.321. The maximum atomic E-state index is 9.35. The fraction of sp³-hybridized carbons (Fsp3) is 0. The van der Waals surface area contributed by atoms with E-state index < -0.39 is 6.03 Å². The van der Waals surface area contributed by atoms with Gasteiger partial charge in [-0.25, -0.2) is 4.79 Å². The van der Waals surface area contributed by atoms with E-state index in [9.17, 15) is 4.79 Å². The van der Waals surface area contributed by atoms with Gasteiger partial charge < -0.3 is 0 Å². The zero-order valence-corrected chi connectivity index (χ0v) is 2.70. The van der Waals surface area contributed by atoms with Gasteiger partial charge in [-0.3, -0.25) is 0 Å². The van der Waals surface area contributed by atoms with Crippen molar-refractivity contribution in [2.45, 2.75) is 0 Å². The summed E-state index contributed by atoms with van der Waals surface area (Å²) in [5.74, 6) is 14.7. The lowest BCUT2D eigenvalue weighted by Gasteiger charge is -1.76. The largest absolute Gasteiger partial charge is 0.396 e. The maximum Gasteiger partial charge on any atom is 0.396 e. The van der Waals surface area contributed by atoms with Gasteiger partial charge in [0, 0.05) is 11.7 Å². The molecule has 0 aromatic carbocycles. The van der Waals surface area contributed by atoms with Gasteiger partial charge in [0.25, 0.3) is 0 Å². The van der Waals surface area contributed by atoms with E-state index in [1.807, 2.05) is 10.9 Å². The van der Waals surface area contributed by atoms with Crippen molar-refractivity contribution in [2.75, 3.05) is 0 Å². The summed E-state index contributed by atoms with van der Waals surface area (Å²) in [6.07, 6.45) is 0. The molecule has 0 atom stereocenters. The molecule has 5 nitrogen and oxygen atoms in total. The van der Waals surface area contributed by atoms with Crippen molar-refractivity contribution >= 4 is 6.03 Å². The average molecular weight is 84.0 g/mol. The SMILES string of the molecule is [N][N]C(=O)[N][N]. The lowest BCUT2D eigenvalue weighted by Crippen LogP contribution is -2.21. The van der Waals surface area contributed by atoms with Crippen molar-refractivity contribution in [3.63, 3.8) is 0 Å². The molecule has 0 spiro atoms. The van der Waals surface area contributed by atoms with Crippen LogP contribution in [-0.2, 0) is 0 Å². The Morgan fingerprint density at radius 3 is 1.67 bits per heavy atom. The molecule has 0 aromatic heterocycles. The first-order valence-electron chi connectivity index (χ1n) is 1.05. The van der Waals surface area contributed by atoms with Crippen LogP contribution in [0.15, 0.2) is 0 Å². The number of amides is 2. The molecule has 6 radical (unpaired) electrons. The topological polar surface area (TPSA) is 89.9 Å². The van der Waals surface area contributed by atoms with Crippen LogP contribution in [0.4, 0.5) is 4.79 Å². The standard InChI is InChI=1S/CN4O/c2-4-1(6)5-3. The third-order valence-electron chi connectivity index (χ3n) is 0.171. The molecule has 5 heteroatoms. The normalized spacial score (nSPS) is 7.00. The lowest BCUT2D eigenvalue weighted by molar-refractivity contribution is 0.238. The molecular weight excluding hydrogens is 84.0 g/mol. The van der Waals surface area contributed by atoms with E-state index in [-0.39, 0.29) is 0 Å². The predicted octanol–water partition coefficient (Wildman–Crippen LogP) is -1.72. The van der Waals surface area contributed by atoms with Crippen LogP contribution >= 0.6 is 0 Å². The number of rotatable bonds is 0. The number of urea groups is 1. The number of hydrogen-bond donors (Lipinski definition) is 0. The zero-order chi connectivity index (χ0) is 4.99. The van der Waals surface area contributed by atoms with Crippen molar-refractivity contribution in [1.29, 1.82) is 0 Å². The summed E-state index contributed by atoms with van der Waals surface area (Å²) in [5, 5.41) is 0. The highest BCUT2D eigenvalue weighted by Gasteiger charge is 1.94. The molecule has 30 valence electrons. The third-order valence-corrected chi connectivity index (χ3v) is 0.171. The second-order valence-corrected chi connectivity index (χ2v) is 0.483. The fourth-order valence-corrected chi connectivity index (χ4v) is 0.0200. The highest BCUT2D eigenvalue weighted by molar-refractivity contribution is 5.71. The molecule has 0 aliphatic heterocycles. The maximum absolute atomic E-state index is 9.35. The second kappa shape index (κ2) is 2.43. The van der Waals surface area contributed by atoms with Crippen LogP contribution in [-0.4, -0.2) is 6.03 Å². The first kappa shape index (κ1) is 5.19. The van der Waals surface area contributed by atoms with Crippen LogP contribution in [0.25, 0.3) is 0 Å². The van der Waals surface area contributed by atoms with E-state index in [1.54, 1.807) is 0 Å². The van der Waals surface area contributed by atoms with Crippen LogP contribution < -0.4 is 22.5 Å². The molecule has 6 heavy (non-hydrogen) atoms. The van der Waals surface area contributed by atoms with E-state index >= 15 is 0 Å². The third kappa shape index (κ3) is 1.50. The Morgan fingerprint density at radius 1 is 1.33 bits per heavy atom. The summed E-state index contributed by atoms with van der Waals surface area (Å²) >= 11 is 0. The molecule has 0 unspecified atom stereocenters. The lowest BCUT2D eigenvalue weighted by atomic mass is 11.1. The van der Waals surface area contributed by atoms with Gasteiger partial charge in [0.2, 0.25) is 0 Å². The van der Waals surface area contributed by atoms with Crippen LogP contribution in [0, 0.1) is 0 Å². The van der Waals surface area contributed by atoms with Gasteiger partial charge >= 0.3 is 6.03 Å². The summed E-state index contributed by atoms with van der Waals surface area (Å²) in [6, 6.07) is -1.30. The zero-order valence-electron chi connectivity index (χ0n) is 2.70. The van der Waals surface area contributed by atoms with E-state index in [0.29, 0.717) is 0 Å². The highest BCUT2D eigenvalue weighted by Crippen LogP contribution is 1.53. The second-order valence-electron chi connectivity index (χ2n) is 0.483.